The molecule has 0 aliphatic rings. The van der Waals surface area contributed by atoms with Crippen molar-refractivity contribution in [3.63, 3.8) is 0 Å². The van der Waals surface area contributed by atoms with Crippen LogP contribution >= 0.6 is 0 Å². The minimum absolute atomic E-state index is 0.0770. The number of hydrogen-bond acceptors (Lipinski definition) is 1. The van der Waals surface area contributed by atoms with Gasteiger partial charge in [0.2, 0.25) is 0 Å². The van der Waals surface area contributed by atoms with Crippen molar-refractivity contribution in [2.24, 2.45) is 5.92 Å². The SMILES string of the molecule is CCCCCC(C)C(O)CC. The van der Waals surface area contributed by atoms with Gasteiger partial charge >= 0.3 is 0 Å². The largest absolute Gasteiger partial charge is 0.393 e. The molecule has 0 heterocycles. The highest BCUT2D eigenvalue weighted by Crippen LogP contribution is 2.14. The fourth-order valence-corrected chi connectivity index (χ4v) is 1.31. The quantitative estimate of drug-likeness (QED) is 0.589. The molecule has 11 heavy (non-hydrogen) atoms. The summed E-state index contributed by atoms with van der Waals surface area (Å²) in [5.41, 5.74) is 0. The van der Waals surface area contributed by atoms with Crippen molar-refractivity contribution >= 4 is 0 Å². The minimum atomic E-state index is -0.0770. The van der Waals surface area contributed by atoms with E-state index in [2.05, 4.69) is 13.8 Å². The molecule has 0 aromatic rings. The van der Waals surface area contributed by atoms with Gasteiger partial charge in [-0.25, -0.2) is 0 Å². The van der Waals surface area contributed by atoms with E-state index in [9.17, 15) is 5.11 Å². The summed E-state index contributed by atoms with van der Waals surface area (Å²) in [4.78, 5) is 0. The second kappa shape index (κ2) is 6.66. The lowest BCUT2D eigenvalue weighted by Gasteiger charge is -2.16. The number of hydrogen-bond donors (Lipinski definition) is 1. The predicted octanol–water partition coefficient (Wildman–Crippen LogP) is 2.97. The molecule has 0 aliphatic carbocycles. The van der Waals surface area contributed by atoms with Crippen LogP contribution in [-0.2, 0) is 0 Å². The normalized spacial score (nSPS) is 16.4. The lowest BCUT2D eigenvalue weighted by molar-refractivity contribution is 0.106. The predicted molar refractivity (Wildman–Crippen MR) is 49.6 cm³/mol. The molecular weight excluding hydrogens is 136 g/mol. The van der Waals surface area contributed by atoms with E-state index < -0.39 is 0 Å². The highest BCUT2D eigenvalue weighted by Gasteiger charge is 2.10. The highest BCUT2D eigenvalue weighted by atomic mass is 16.3. The second-order valence-corrected chi connectivity index (χ2v) is 3.45. The molecule has 0 fully saturated rings. The van der Waals surface area contributed by atoms with Crippen LogP contribution < -0.4 is 0 Å². The Kier molecular flexibility index (Phi) is 6.63. The topological polar surface area (TPSA) is 20.2 Å². The van der Waals surface area contributed by atoms with E-state index in [0.717, 1.165) is 6.42 Å². The first kappa shape index (κ1) is 11.0. The van der Waals surface area contributed by atoms with E-state index in [1.54, 1.807) is 0 Å². The van der Waals surface area contributed by atoms with Crippen LogP contribution in [0.3, 0.4) is 0 Å². The van der Waals surface area contributed by atoms with Crippen molar-refractivity contribution in [2.75, 3.05) is 0 Å². The van der Waals surface area contributed by atoms with Gasteiger partial charge in [0, 0.05) is 0 Å². The van der Waals surface area contributed by atoms with Crippen molar-refractivity contribution in [3.8, 4) is 0 Å². The highest BCUT2D eigenvalue weighted by molar-refractivity contribution is 4.62. The minimum Gasteiger partial charge on any atom is -0.393 e. The average molecular weight is 158 g/mol. The van der Waals surface area contributed by atoms with Gasteiger partial charge in [-0.15, -0.1) is 0 Å². The fourth-order valence-electron chi connectivity index (χ4n) is 1.31. The summed E-state index contributed by atoms with van der Waals surface area (Å²) in [5, 5.41) is 9.43. The number of aliphatic hydroxyl groups excluding tert-OH is 1. The zero-order valence-corrected chi connectivity index (χ0v) is 8.14. The number of unbranched alkanes of at least 4 members (excludes halogenated alkanes) is 2. The zero-order valence-electron chi connectivity index (χ0n) is 8.14. The van der Waals surface area contributed by atoms with Gasteiger partial charge in [-0.2, -0.15) is 0 Å². The smallest absolute Gasteiger partial charge is 0.0563 e. The van der Waals surface area contributed by atoms with Gasteiger partial charge in [-0.05, 0) is 18.8 Å². The summed E-state index contributed by atoms with van der Waals surface area (Å²) < 4.78 is 0. The van der Waals surface area contributed by atoms with Gasteiger partial charge in [0.15, 0.2) is 0 Å². The van der Waals surface area contributed by atoms with Crippen LogP contribution in [0.1, 0.15) is 52.9 Å². The van der Waals surface area contributed by atoms with Crippen LogP contribution in [0.5, 0.6) is 0 Å². The molecule has 0 radical (unpaired) electrons. The molecule has 0 bridgehead atoms. The number of aliphatic hydroxyl groups is 1. The molecule has 68 valence electrons. The third-order valence-corrected chi connectivity index (χ3v) is 2.34. The second-order valence-electron chi connectivity index (χ2n) is 3.45. The molecule has 0 aromatic heterocycles. The first-order valence-electron chi connectivity index (χ1n) is 4.90. The summed E-state index contributed by atoms with van der Waals surface area (Å²) in [7, 11) is 0. The first-order chi connectivity index (χ1) is 5.22. The van der Waals surface area contributed by atoms with Crippen LogP contribution in [0.25, 0.3) is 0 Å². The van der Waals surface area contributed by atoms with Crippen LogP contribution in [-0.4, -0.2) is 11.2 Å². The van der Waals surface area contributed by atoms with Gasteiger partial charge in [0.25, 0.3) is 0 Å². The van der Waals surface area contributed by atoms with Crippen molar-refractivity contribution in [2.45, 2.75) is 59.0 Å². The molecule has 1 heteroatoms. The molecular formula is C10H22O. The maximum absolute atomic E-state index is 9.43. The summed E-state index contributed by atoms with van der Waals surface area (Å²) in [6.45, 7) is 6.39. The van der Waals surface area contributed by atoms with Gasteiger partial charge in [-0.1, -0.05) is 40.0 Å². The van der Waals surface area contributed by atoms with Crippen LogP contribution in [0.15, 0.2) is 0 Å². The Bertz CT molecular complexity index is 80.9. The van der Waals surface area contributed by atoms with Crippen molar-refractivity contribution in [1.82, 2.24) is 0 Å². The third-order valence-electron chi connectivity index (χ3n) is 2.34. The molecule has 0 saturated heterocycles. The Morgan fingerprint density at radius 3 is 2.27 bits per heavy atom. The van der Waals surface area contributed by atoms with Crippen LogP contribution in [0.4, 0.5) is 0 Å². The van der Waals surface area contributed by atoms with E-state index in [1.165, 1.54) is 25.7 Å². The average Bonchev–Trinajstić information content (AvgIpc) is 2.03. The molecule has 0 aliphatic heterocycles. The van der Waals surface area contributed by atoms with E-state index in [-0.39, 0.29) is 6.10 Å². The zero-order chi connectivity index (χ0) is 8.69. The van der Waals surface area contributed by atoms with Gasteiger partial charge in [0.05, 0.1) is 6.10 Å². The van der Waals surface area contributed by atoms with E-state index >= 15 is 0 Å². The lowest BCUT2D eigenvalue weighted by Crippen LogP contribution is -2.15. The molecule has 0 aromatic carbocycles. The molecule has 0 amide bonds. The Labute approximate surface area is 70.8 Å². The Morgan fingerprint density at radius 1 is 1.18 bits per heavy atom. The molecule has 0 spiro atoms. The summed E-state index contributed by atoms with van der Waals surface area (Å²) >= 11 is 0. The summed E-state index contributed by atoms with van der Waals surface area (Å²) in [6.07, 6.45) is 5.85. The van der Waals surface area contributed by atoms with Crippen LogP contribution in [0, 0.1) is 5.92 Å². The Balaban J connectivity index is 3.28. The first-order valence-corrected chi connectivity index (χ1v) is 4.90. The van der Waals surface area contributed by atoms with Crippen molar-refractivity contribution in [1.29, 1.82) is 0 Å². The standard InChI is InChI=1S/C10H22O/c1-4-6-7-8-9(3)10(11)5-2/h9-11H,4-8H2,1-3H3. The molecule has 0 rings (SSSR count). The van der Waals surface area contributed by atoms with Crippen molar-refractivity contribution < 1.29 is 5.11 Å². The molecule has 2 atom stereocenters. The van der Waals surface area contributed by atoms with Crippen LogP contribution in [0.2, 0.25) is 0 Å². The van der Waals surface area contributed by atoms with Gasteiger partial charge < -0.3 is 5.11 Å². The Morgan fingerprint density at radius 2 is 1.82 bits per heavy atom. The maximum Gasteiger partial charge on any atom is 0.0563 e. The summed E-state index contributed by atoms with van der Waals surface area (Å²) in [6, 6.07) is 0. The van der Waals surface area contributed by atoms with Gasteiger partial charge in [-0.3, -0.25) is 0 Å². The Hall–Kier alpha value is -0.0400. The van der Waals surface area contributed by atoms with E-state index in [0.29, 0.717) is 5.92 Å². The molecule has 0 saturated carbocycles. The maximum atomic E-state index is 9.43. The fraction of sp³-hybridized carbons (Fsp3) is 1.00. The number of rotatable bonds is 6. The molecule has 1 N–H and O–H groups in total. The lowest BCUT2D eigenvalue weighted by atomic mass is 9.96. The van der Waals surface area contributed by atoms with Crippen molar-refractivity contribution in [3.05, 3.63) is 0 Å². The van der Waals surface area contributed by atoms with E-state index in [1.807, 2.05) is 6.92 Å². The summed E-state index contributed by atoms with van der Waals surface area (Å²) in [5.74, 6) is 0.492. The molecule has 2 unspecified atom stereocenters. The van der Waals surface area contributed by atoms with E-state index in [4.69, 9.17) is 0 Å². The molecule has 1 nitrogen and oxygen atoms in total. The third kappa shape index (κ3) is 5.25. The van der Waals surface area contributed by atoms with Gasteiger partial charge in [0.1, 0.15) is 0 Å². The monoisotopic (exact) mass is 158 g/mol.